The van der Waals surface area contributed by atoms with Gasteiger partial charge in [-0.2, -0.15) is 5.10 Å². The molecule has 0 saturated heterocycles. The predicted molar refractivity (Wildman–Crippen MR) is 105 cm³/mol. The SMILES string of the molecule is Cn1ncc(NC(=O)c2cccc(COc3ccc(Cl)cc3Cl)c2)c1C(=O)O. The Morgan fingerprint density at radius 2 is 2.00 bits per heavy atom. The first-order valence-corrected chi connectivity index (χ1v) is 8.84. The van der Waals surface area contributed by atoms with Crippen molar-refractivity contribution >= 4 is 40.8 Å². The molecule has 28 heavy (non-hydrogen) atoms. The molecule has 3 aromatic rings. The number of halogens is 2. The van der Waals surface area contributed by atoms with Crippen LogP contribution in [0.1, 0.15) is 26.4 Å². The zero-order chi connectivity index (χ0) is 20.3. The molecule has 0 spiro atoms. The largest absolute Gasteiger partial charge is 0.487 e. The lowest BCUT2D eigenvalue weighted by atomic mass is 10.1. The lowest BCUT2D eigenvalue weighted by Gasteiger charge is -2.10. The van der Waals surface area contributed by atoms with Crippen LogP contribution in [0.2, 0.25) is 10.0 Å². The number of carboxylic acid groups (broad SMARTS) is 1. The summed E-state index contributed by atoms with van der Waals surface area (Å²) in [6.07, 6.45) is 1.29. The van der Waals surface area contributed by atoms with Gasteiger partial charge in [0.15, 0.2) is 5.69 Å². The van der Waals surface area contributed by atoms with Crippen molar-refractivity contribution in [2.45, 2.75) is 6.61 Å². The number of hydrogen-bond donors (Lipinski definition) is 2. The maximum Gasteiger partial charge on any atom is 0.356 e. The van der Waals surface area contributed by atoms with E-state index < -0.39 is 11.9 Å². The number of nitrogens with one attached hydrogen (secondary N) is 1. The fourth-order valence-electron chi connectivity index (χ4n) is 2.53. The second-order valence-corrected chi connectivity index (χ2v) is 6.70. The van der Waals surface area contributed by atoms with E-state index in [1.54, 1.807) is 42.5 Å². The molecule has 0 bridgehead atoms. The number of carbonyl (C=O) groups is 2. The highest BCUT2D eigenvalue weighted by Crippen LogP contribution is 2.28. The molecule has 0 aliphatic carbocycles. The lowest BCUT2D eigenvalue weighted by molar-refractivity contribution is 0.0686. The van der Waals surface area contributed by atoms with Crippen molar-refractivity contribution in [2.75, 3.05) is 5.32 Å². The predicted octanol–water partition coefficient (Wildman–Crippen LogP) is 4.26. The van der Waals surface area contributed by atoms with Crippen LogP contribution in [0.3, 0.4) is 0 Å². The summed E-state index contributed by atoms with van der Waals surface area (Å²) < 4.78 is 6.85. The molecule has 0 saturated carbocycles. The number of hydrogen-bond acceptors (Lipinski definition) is 4. The molecule has 2 N–H and O–H groups in total. The number of aromatic carboxylic acids is 1. The van der Waals surface area contributed by atoms with Gasteiger partial charge in [0, 0.05) is 17.6 Å². The van der Waals surface area contributed by atoms with Crippen LogP contribution in [0, 0.1) is 0 Å². The van der Waals surface area contributed by atoms with Crippen molar-refractivity contribution in [3.8, 4) is 5.75 Å². The Labute approximate surface area is 170 Å². The molecule has 0 aliphatic heterocycles. The van der Waals surface area contributed by atoms with Gasteiger partial charge in [-0.15, -0.1) is 0 Å². The number of carbonyl (C=O) groups excluding carboxylic acids is 1. The highest BCUT2D eigenvalue weighted by Gasteiger charge is 2.18. The summed E-state index contributed by atoms with van der Waals surface area (Å²) in [6, 6.07) is 11.7. The molecule has 1 aromatic heterocycles. The maximum absolute atomic E-state index is 12.5. The summed E-state index contributed by atoms with van der Waals surface area (Å²) in [4.78, 5) is 23.8. The average Bonchev–Trinajstić information content (AvgIpc) is 3.01. The minimum Gasteiger partial charge on any atom is -0.487 e. The van der Waals surface area contributed by atoms with Gasteiger partial charge < -0.3 is 15.2 Å². The summed E-state index contributed by atoms with van der Waals surface area (Å²) >= 11 is 11.9. The molecule has 0 fully saturated rings. The Balaban J connectivity index is 1.72. The van der Waals surface area contributed by atoms with Gasteiger partial charge in [0.25, 0.3) is 5.91 Å². The fraction of sp³-hybridized carbons (Fsp3) is 0.105. The van der Waals surface area contributed by atoms with E-state index in [1.807, 2.05) is 0 Å². The van der Waals surface area contributed by atoms with Gasteiger partial charge in [-0.3, -0.25) is 9.48 Å². The van der Waals surface area contributed by atoms with E-state index in [4.69, 9.17) is 27.9 Å². The summed E-state index contributed by atoms with van der Waals surface area (Å²) in [5.74, 6) is -1.17. The number of benzene rings is 2. The third-order valence-electron chi connectivity index (χ3n) is 3.87. The third kappa shape index (κ3) is 4.44. The van der Waals surface area contributed by atoms with Gasteiger partial charge in [0.1, 0.15) is 12.4 Å². The van der Waals surface area contributed by atoms with Gasteiger partial charge in [-0.05, 0) is 35.9 Å². The summed E-state index contributed by atoms with van der Waals surface area (Å²) in [6.45, 7) is 0.190. The van der Waals surface area contributed by atoms with Gasteiger partial charge >= 0.3 is 5.97 Å². The highest BCUT2D eigenvalue weighted by molar-refractivity contribution is 6.35. The molecule has 7 nitrogen and oxygen atoms in total. The number of rotatable bonds is 6. The Bertz CT molecular complexity index is 1050. The third-order valence-corrected chi connectivity index (χ3v) is 4.40. The van der Waals surface area contributed by atoms with Crippen LogP contribution >= 0.6 is 23.2 Å². The van der Waals surface area contributed by atoms with E-state index >= 15 is 0 Å². The quantitative estimate of drug-likeness (QED) is 0.622. The van der Waals surface area contributed by atoms with Crippen molar-refractivity contribution in [2.24, 2.45) is 7.05 Å². The van der Waals surface area contributed by atoms with Gasteiger partial charge in [0.2, 0.25) is 0 Å². The molecule has 144 valence electrons. The van der Waals surface area contributed by atoms with Gasteiger partial charge in [0.05, 0.1) is 16.9 Å². The van der Waals surface area contributed by atoms with E-state index in [-0.39, 0.29) is 18.0 Å². The average molecular weight is 420 g/mol. The van der Waals surface area contributed by atoms with Crippen LogP contribution in [0.4, 0.5) is 5.69 Å². The second-order valence-electron chi connectivity index (χ2n) is 5.85. The zero-order valence-corrected chi connectivity index (χ0v) is 16.2. The van der Waals surface area contributed by atoms with E-state index in [1.165, 1.54) is 17.9 Å². The highest BCUT2D eigenvalue weighted by atomic mass is 35.5. The number of aryl methyl sites for hydroxylation is 1. The second kappa shape index (κ2) is 8.33. The number of carboxylic acids is 1. The minimum absolute atomic E-state index is 0.106. The van der Waals surface area contributed by atoms with Crippen LogP contribution in [0.15, 0.2) is 48.7 Å². The van der Waals surface area contributed by atoms with Crippen molar-refractivity contribution in [3.05, 3.63) is 75.5 Å². The lowest BCUT2D eigenvalue weighted by Crippen LogP contribution is -2.15. The Morgan fingerprint density at radius 1 is 1.21 bits per heavy atom. The minimum atomic E-state index is -1.18. The van der Waals surface area contributed by atoms with E-state index in [2.05, 4.69) is 10.4 Å². The number of nitrogens with zero attached hydrogens (tertiary/aromatic N) is 2. The maximum atomic E-state index is 12.5. The summed E-state index contributed by atoms with van der Waals surface area (Å²) in [5, 5.41) is 16.6. The van der Waals surface area contributed by atoms with Crippen molar-refractivity contribution in [1.29, 1.82) is 0 Å². The zero-order valence-electron chi connectivity index (χ0n) is 14.6. The van der Waals surface area contributed by atoms with Crippen LogP contribution < -0.4 is 10.1 Å². The van der Waals surface area contributed by atoms with E-state index in [0.29, 0.717) is 21.4 Å². The molecular weight excluding hydrogens is 405 g/mol. The number of anilines is 1. The molecule has 0 aliphatic rings. The van der Waals surface area contributed by atoms with Crippen LogP contribution in [-0.4, -0.2) is 26.8 Å². The smallest absolute Gasteiger partial charge is 0.356 e. The van der Waals surface area contributed by atoms with Crippen molar-refractivity contribution in [1.82, 2.24) is 9.78 Å². The Morgan fingerprint density at radius 3 is 2.71 bits per heavy atom. The molecule has 0 radical (unpaired) electrons. The topological polar surface area (TPSA) is 93.5 Å². The fourth-order valence-corrected chi connectivity index (χ4v) is 3.00. The van der Waals surface area contributed by atoms with E-state index in [9.17, 15) is 14.7 Å². The molecule has 0 atom stereocenters. The molecular formula is C19H15Cl2N3O4. The number of ether oxygens (including phenoxy) is 1. The standard InChI is InChI=1S/C19H15Cl2N3O4/c1-24-17(19(26)27)15(9-22-24)23-18(25)12-4-2-3-11(7-12)10-28-16-6-5-13(20)8-14(16)21/h2-9H,10H2,1H3,(H,23,25)(H,26,27). The molecule has 2 aromatic carbocycles. The number of amides is 1. The molecule has 9 heteroatoms. The first kappa shape index (κ1) is 19.7. The molecule has 3 rings (SSSR count). The van der Waals surface area contributed by atoms with Crippen LogP contribution in [0.5, 0.6) is 5.75 Å². The first-order chi connectivity index (χ1) is 13.3. The van der Waals surface area contributed by atoms with Gasteiger partial charge in [-0.25, -0.2) is 4.79 Å². The molecule has 1 heterocycles. The monoisotopic (exact) mass is 419 g/mol. The molecule has 1 amide bonds. The van der Waals surface area contributed by atoms with Gasteiger partial charge in [-0.1, -0.05) is 35.3 Å². The van der Waals surface area contributed by atoms with Crippen molar-refractivity contribution < 1.29 is 19.4 Å². The number of aromatic nitrogens is 2. The van der Waals surface area contributed by atoms with E-state index in [0.717, 1.165) is 5.56 Å². The first-order valence-electron chi connectivity index (χ1n) is 8.08. The normalized spacial score (nSPS) is 10.5. The summed E-state index contributed by atoms with van der Waals surface area (Å²) in [5.41, 5.74) is 1.10. The molecule has 0 unspecified atom stereocenters. The van der Waals surface area contributed by atoms with Crippen molar-refractivity contribution in [3.63, 3.8) is 0 Å². The summed E-state index contributed by atoms with van der Waals surface area (Å²) in [7, 11) is 1.49. The van der Waals surface area contributed by atoms with Crippen LogP contribution in [-0.2, 0) is 13.7 Å². The van der Waals surface area contributed by atoms with Crippen LogP contribution in [0.25, 0.3) is 0 Å². The Kier molecular flexibility index (Phi) is 5.87. The Hall–Kier alpha value is -3.03.